The maximum absolute atomic E-state index is 12.6. The first-order valence-corrected chi connectivity index (χ1v) is 8.78. The first-order valence-electron chi connectivity index (χ1n) is 7.99. The lowest BCUT2D eigenvalue weighted by molar-refractivity contribution is 0.0784. The summed E-state index contributed by atoms with van der Waals surface area (Å²) < 4.78 is 5.71. The lowest BCUT2D eigenvalue weighted by Crippen LogP contribution is -2.26. The third kappa shape index (κ3) is 4.40. The third-order valence-electron chi connectivity index (χ3n) is 3.77. The molecule has 26 heavy (non-hydrogen) atoms. The molecule has 1 heterocycles. The highest BCUT2D eigenvalue weighted by atomic mass is 79.9. The standard InChI is InChI=1S/C20H17BrN2O3/c1-23(13-14-6-3-2-4-7-14)20(25)15-8-5-9-16(12-15)22-19(24)17-10-11-18(21)26-17/h2-12H,13H2,1H3,(H,22,24). The second kappa shape index (κ2) is 8.01. The Morgan fingerprint density at radius 1 is 1.04 bits per heavy atom. The quantitative estimate of drug-likeness (QED) is 0.667. The molecule has 0 bridgehead atoms. The van der Waals surface area contributed by atoms with Gasteiger partial charge in [0.2, 0.25) is 0 Å². The summed E-state index contributed by atoms with van der Waals surface area (Å²) in [6.45, 7) is 0.511. The van der Waals surface area contributed by atoms with Crippen LogP contribution >= 0.6 is 15.9 Å². The molecular formula is C20H17BrN2O3. The number of benzene rings is 2. The summed E-state index contributed by atoms with van der Waals surface area (Å²) >= 11 is 3.16. The SMILES string of the molecule is CN(Cc1ccccc1)C(=O)c1cccc(NC(=O)c2ccc(Br)o2)c1. The summed E-state index contributed by atoms with van der Waals surface area (Å²) in [6.07, 6.45) is 0. The van der Waals surface area contributed by atoms with E-state index in [1.807, 2.05) is 30.3 Å². The van der Waals surface area contributed by atoms with Crippen molar-refractivity contribution in [1.82, 2.24) is 4.90 Å². The zero-order chi connectivity index (χ0) is 18.5. The maximum atomic E-state index is 12.6. The molecule has 1 N–H and O–H groups in total. The van der Waals surface area contributed by atoms with Crippen LogP contribution in [0.2, 0.25) is 0 Å². The summed E-state index contributed by atoms with van der Waals surface area (Å²) in [5, 5.41) is 2.73. The molecule has 0 spiro atoms. The van der Waals surface area contributed by atoms with Crippen LogP contribution in [0.5, 0.6) is 0 Å². The highest BCUT2D eigenvalue weighted by Gasteiger charge is 2.15. The van der Waals surface area contributed by atoms with Gasteiger partial charge in [-0.05, 0) is 51.8 Å². The minimum Gasteiger partial charge on any atom is -0.444 e. The van der Waals surface area contributed by atoms with Gasteiger partial charge in [-0.3, -0.25) is 9.59 Å². The van der Waals surface area contributed by atoms with Gasteiger partial charge in [0.15, 0.2) is 10.4 Å². The number of halogens is 1. The second-order valence-electron chi connectivity index (χ2n) is 5.79. The van der Waals surface area contributed by atoms with Gasteiger partial charge in [0, 0.05) is 24.8 Å². The normalized spacial score (nSPS) is 10.4. The molecule has 0 fully saturated rings. The van der Waals surface area contributed by atoms with Crippen LogP contribution in [0.3, 0.4) is 0 Å². The van der Waals surface area contributed by atoms with Crippen LogP contribution in [0.4, 0.5) is 5.69 Å². The van der Waals surface area contributed by atoms with Crippen LogP contribution in [-0.2, 0) is 6.54 Å². The van der Waals surface area contributed by atoms with E-state index in [1.54, 1.807) is 48.3 Å². The molecule has 0 aliphatic carbocycles. The molecule has 1 aromatic heterocycles. The molecule has 3 rings (SSSR count). The van der Waals surface area contributed by atoms with Crippen molar-refractivity contribution in [2.24, 2.45) is 0 Å². The molecule has 0 atom stereocenters. The molecule has 0 aliphatic heterocycles. The van der Waals surface area contributed by atoms with E-state index in [4.69, 9.17) is 4.42 Å². The van der Waals surface area contributed by atoms with Gasteiger partial charge in [0.1, 0.15) is 0 Å². The number of furan rings is 1. The number of carbonyl (C=O) groups is 2. The largest absolute Gasteiger partial charge is 0.444 e. The zero-order valence-electron chi connectivity index (χ0n) is 14.1. The van der Waals surface area contributed by atoms with Crippen LogP contribution in [0.1, 0.15) is 26.5 Å². The van der Waals surface area contributed by atoms with Crippen LogP contribution in [0.15, 0.2) is 75.8 Å². The molecule has 0 saturated heterocycles. The van der Waals surface area contributed by atoms with Gasteiger partial charge in [-0.25, -0.2) is 0 Å². The average Bonchev–Trinajstić information content (AvgIpc) is 3.09. The minimum absolute atomic E-state index is 0.120. The Hall–Kier alpha value is -2.86. The van der Waals surface area contributed by atoms with Crippen molar-refractivity contribution in [1.29, 1.82) is 0 Å². The summed E-state index contributed by atoms with van der Waals surface area (Å²) in [6, 6.07) is 19.8. The van der Waals surface area contributed by atoms with E-state index in [0.717, 1.165) is 5.56 Å². The Morgan fingerprint density at radius 2 is 1.81 bits per heavy atom. The fraction of sp³-hybridized carbons (Fsp3) is 0.100. The Kier molecular flexibility index (Phi) is 5.53. The topological polar surface area (TPSA) is 62.6 Å². The first-order chi connectivity index (χ1) is 12.5. The number of hydrogen-bond donors (Lipinski definition) is 1. The summed E-state index contributed by atoms with van der Waals surface area (Å²) in [7, 11) is 1.75. The summed E-state index contributed by atoms with van der Waals surface area (Å²) in [4.78, 5) is 26.5. The molecule has 2 amide bonds. The van der Waals surface area contributed by atoms with E-state index in [0.29, 0.717) is 22.5 Å². The number of carbonyl (C=O) groups excluding carboxylic acids is 2. The first kappa shape index (κ1) is 17.9. The molecule has 132 valence electrons. The predicted molar refractivity (Wildman–Crippen MR) is 103 cm³/mol. The monoisotopic (exact) mass is 412 g/mol. The molecule has 0 aliphatic rings. The lowest BCUT2D eigenvalue weighted by atomic mass is 10.1. The van der Waals surface area contributed by atoms with Gasteiger partial charge >= 0.3 is 0 Å². The molecule has 3 aromatic rings. The van der Waals surface area contributed by atoms with Crippen LogP contribution < -0.4 is 5.32 Å². The van der Waals surface area contributed by atoms with E-state index in [2.05, 4.69) is 21.2 Å². The molecule has 0 radical (unpaired) electrons. The molecular weight excluding hydrogens is 396 g/mol. The van der Waals surface area contributed by atoms with Crippen molar-refractivity contribution in [2.45, 2.75) is 6.54 Å². The summed E-state index contributed by atoms with van der Waals surface area (Å²) in [5.41, 5.74) is 2.08. The highest BCUT2D eigenvalue weighted by molar-refractivity contribution is 9.10. The van der Waals surface area contributed by atoms with E-state index in [9.17, 15) is 9.59 Å². The van der Waals surface area contributed by atoms with Gasteiger partial charge in [0.25, 0.3) is 11.8 Å². The van der Waals surface area contributed by atoms with Gasteiger partial charge in [-0.2, -0.15) is 0 Å². The fourth-order valence-electron chi connectivity index (χ4n) is 2.51. The smallest absolute Gasteiger partial charge is 0.291 e. The number of nitrogens with zero attached hydrogens (tertiary/aromatic N) is 1. The predicted octanol–water partition coefficient (Wildman–Crippen LogP) is 4.57. The Labute approximate surface area is 159 Å². The van der Waals surface area contributed by atoms with Crippen LogP contribution in [-0.4, -0.2) is 23.8 Å². The maximum Gasteiger partial charge on any atom is 0.291 e. The zero-order valence-corrected chi connectivity index (χ0v) is 15.7. The van der Waals surface area contributed by atoms with Crippen LogP contribution in [0.25, 0.3) is 0 Å². The van der Waals surface area contributed by atoms with E-state index < -0.39 is 0 Å². The number of anilines is 1. The molecule has 2 aromatic carbocycles. The highest BCUT2D eigenvalue weighted by Crippen LogP contribution is 2.18. The van der Waals surface area contributed by atoms with E-state index in [-0.39, 0.29) is 17.6 Å². The Morgan fingerprint density at radius 3 is 2.50 bits per heavy atom. The van der Waals surface area contributed by atoms with Gasteiger partial charge in [-0.1, -0.05) is 36.4 Å². The van der Waals surface area contributed by atoms with Crippen molar-refractivity contribution in [3.8, 4) is 0 Å². The minimum atomic E-state index is -0.377. The van der Waals surface area contributed by atoms with Crippen molar-refractivity contribution in [2.75, 3.05) is 12.4 Å². The third-order valence-corrected chi connectivity index (χ3v) is 4.20. The summed E-state index contributed by atoms with van der Waals surface area (Å²) in [5.74, 6) is -0.307. The van der Waals surface area contributed by atoms with E-state index >= 15 is 0 Å². The van der Waals surface area contributed by atoms with Gasteiger partial charge in [0.05, 0.1) is 0 Å². The fourth-order valence-corrected chi connectivity index (χ4v) is 2.82. The number of amides is 2. The van der Waals surface area contributed by atoms with Crippen molar-refractivity contribution in [3.05, 3.63) is 88.3 Å². The van der Waals surface area contributed by atoms with Crippen molar-refractivity contribution in [3.63, 3.8) is 0 Å². The molecule has 5 nitrogen and oxygen atoms in total. The van der Waals surface area contributed by atoms with Crippen molar-refractivity contribution >= 4 is 33.4 Å². The number of hydrogen-bond acceptors (Lipinski definition) is 3. The van der Waals surface area contributed by atoms with Gasteiger partial charge < -0.3 is 14.6 Å². The lowest BCUT2D eigenvalue weighted by Gasteiger charge is -2.18. The number of rotatable bonds is 5. The van der Waals surface area contributed by atoms with E-state index in [1.165, 1.54) is 0 Å². The van der Waals surface area contributed by atoms with Crippen LogP contribution in [0, 0.1) is 0 Å². The number of nitrogens with one attached hydrogen (secondary N) is 1. The van der Waals surface area contributed by atoms with Gasteiger partial charge in [-0.15, -0.1) is 0 Å². The second-order valence-corrected chi connectivity index (χ2v) is 6.57. The Balaban J connectivity index is 1.70. The Bertz CT molecular complexity index is 922. The average molecular weight is 413 g/mol. The van der Waals surface area contributed by atoms with Crippen molar-refractivity contribution < 1.29 is 14.0 Å². The molecule has 0 unspecified atom stereocenters. The molecule has 6 heteroatoms. The molecule has 0 saturated carbocycles.